The third-order valence-electron chi connectivity index (χ3n) is 4.58. The van der Waals surface area contributed by atoms with Gasteiger partial charge in [-0.15, -0.1) is 10.2 Å². The average molecular weight is 451 g/mol. The number of nitrogens with zero attached hydrogens (tertiary/aromatic N) is 5. The fraction of sp³-hybridized carbons (Fsp3) is 0.375. The summed E-state index contributed by atoms with van der Waals surface area (Å²) >= 11 is 0. The molecule has 174 valence electrons. The maximum Gasteiger partial charge on any atom is 0.410 e. The molecule has 1 heterocycles. The van der Waals surface area contributed by atoms with Crippen LogP contribution in [0.1, 0.15) is 39.2 Å². The van der Waals surface area contributed by atoms with Crippen LogP contribution >= 0.6 is 0 Å². The SMILES string of the molecule is CN(Cc1cccc(NC(=O)CCCn2nnc(-c3ccccc3)n2)c1)C(=O)OC(C)(C)C. The number of hydrogen-bond acceptors (Lipinski definition) is 6. The van der Waals surface area contributed by atoms with E-state index in [4.69, 9.17) is 4.74 Å². The van der Waals surface area contributed by atoms with Crippen LogP contribution in [-0.4, -0.2) is 49.8 Å². The quantitative estimate of drug-likeness (QED) is 0.554. The first-order valence-electron chi connectivity index (χ1n) is 10.9. The molecule has 0 aliphatic rings. The second-order valence-electron chi connectivity index (χ2n) is 8.76. The lowest BCUT2D eigenvalue weighted by molar-refractivity contribution is -0.116. The molecule has 0 saturated carbocycles. The zero-order chi connectivity index (χ0) is 23.8. The van der Waals surface area contributed by atoms with Gasteiger partial charge in [-0.2, -0.15) is 4.80 Å². The van der Waals surface area contributed by atoms with E-state index in [1.807, 2.05) is 75.4 Å². The van der Waals surface area contributed by atoms with Gasteiger partial charge in [0.1, 0.15) is 5.60 Å². The van der Waals surface area contributed by atoms with Crippen molar-refractivity contribution >= 4 is 17.7 Å². The lowest BCUT2D eigenvalue weighted by Gasteiger charge is -2.24. The number of benzene rings is 2. The molecule has 1 N–H and O–H groups in total. The van der Waals surface area contributed by atoms with Crippen LogP contribution in [0.4, 0.5) is 10.5 Å². The van der Waals surface area contributed by atoms with Crippen molar-refractivity contribution in [3.8, 4) is 11.4 Å². The summed E-state index contributed by atoms with van der Waals surface area (Å²) in [5.41, 5.74) is 1.92. The van der Waals surface area contributed by atoms with Gasteiger partial charge in [-0.3, -0.25) is 4.79 Å². The van der Waals surface area contributed by atoms with E-state index in [-0.39, 0.29) is 5.91 Å². The first kappa shape index (κ1) is 23.9. The minimum atomic E-state index is -0.550. The molecule has 33 heavy (non-hydrogen) atoms. The molecule has 0 aliphatic carbocycles. The first-order valence-corrected chi connectivity index (χ1v) is 10.9. The molecule has 2 aromatic carbocycles. The molecule has 0 saturated heterocycles. The van der Waals surface area contributed by atoms with Gasteiger partial charge in [0.05, 0.1) is 6.54 Å². The van der Waals surface area contributed by atoms with E-state index in [1.165, 1.54) is 9.70 Å². The normalized spacial score (nSPS) is 11.2. The number of tetrazole rings is 1. The molecule has 0 unspecified atom stereocenters. The highest BCUT2D eigenvalue weighted by Crippen LogP contribution is 2.16. The Labute approximate surface area is 193 Å². The second kappa shape index (κ2) is 10.7. The Kier molecular flexibility index (Phi) is 7.76. The van der Waals surface area contributed by atoms with Crippen molar-refractivity contribution in [1.29, 1.82) is 0 Å². The van der Waals surface area contributed by atoms with Crippen LogP contribution in [0.2, 0.25) is 0 Å². The van der Waals surface area contributed by atoms with E-state index in [1.54, 1.807) is 7.05 Å². The van der Waals surface area contributed by atoms with Crippen molar-refractivity contribution in [1.82, 2.24) is 25.1 Å². The number of amides is 2. The maximum absolute atomic E-state index is 12.4. The number of ether oxygens (including phenoxy) is 1. The van der Waals surface area contributed by atoms with Gasteiger partial charge in [0.2, 0.25) is 11.7 Å². The topological polar surface area (TPSA) is 102 Å². The molecule has 3 aromatic rings. The molecule has 0 radical (unpaired) electrons. The minimum Gasteiger partial charge on any atom is -0.444 e. The number of carbonyl (C=O) groups excluding carboxylic acids is 2. The molecule has 9 nitrogen and oxygen atoms in total. The summed E-state index contributed by atoms with van der Waals surface area (Å²) in [6.07, 6.45) is 0.510. The Bertz CT molecular complexity index is 1080. The molecule has 0 fully saturated rings. The van der Waals surface area contributed by atoms with Crippen LogP contribution < -0.4 is 5.32 Å². The summed E-state index contributed by atoms with van der Waals surface area (Å²) in [5, 5.41) is 15.4. The van der Waals surface area contributed by atoms with Crippen molar-refractivity contribution in [3.63, 3.8) is 0 Å². The van der Waals surface area contributed by atoms with Gasteiger partial charge >= 0.3 is 6.09 Å². The van der Waals surface area contributed by atoms with E-state index in [0.29, 0.717) is 37.4 Å². The highest BCUT2D eigenvalue weighted by Gasteiger charge is 2.19. The van der Waals surface area contributed by atoms with Crippen molar-refractivity contribution in [2.75, 3.05) is 12.4 Å². The van der Waals surface area contributed by atoms with Crippen LogP contribution in [0.5, 0.6) is 0 Å². The lowest BCUT2D eigenvalue weighted by Crippen LogP contribution is -2.33. The average Bonchev–Trinajstić information content (AvgIpc) is 3.22. The molecular formula is C24H30N6O3. The first-order chi connectivity index (χ1) is 15.7. The van der Waals surface area contributed by atoms with E-state index in [2.05, 4.69) is 20.7 Å². The van der Waals surface area contributed by atoms with E-state index in [0.717, 1.165) is 11.1 Å². The van der Waals surface area contributed by atoms with Gasteiger partial charge in [0.25, 0.3) is 0 Å². The number of rotatable bonds is 8. The zero-order valence-electron chi connectivity index (χ0n) is 19.5. The summed E-state index contributed by atoms with van der Waals surface area (Å²) in [7, 11) is 1.68. The molecule has 0 spiro atoms. The number of anilines is 1. The molecule has 0 bridgehead atoms. The Morgan fingerprint density at radius 3 is 2.58 bits per heavy atom. The number of aromatic nitrogens is 4. The molecular weight excluding hydrogens is 420 g/mol. The number of hydrogen-bond donors (Lipinski definition) is 1. The molecule has 1 aromatic heterocycles. The van der Waals surface area contributed by atoms with E-state index < -0.39 is 11.7 Å². The predicted molar refractivity (Wildman–Crippen MR) is 125 cm³/mol. The van der Waals surface area contributed by atoms with Crippen LogP contribution in [0.25, 0.3) is 11.4 Å². The molecule has 2 amide bonds. The van der Waals surface area contributed by atoms with E-state index in [9.17, 15) is 9.59 Å². The van der Waals surface area contributed by atoms with Gasteiger partial charge < -0.3 is 15.0 Å². The molecule has 0 atom stereocenters. The van der Waals surface area contributed by atoms with Gasteiger partial charge in [0.15, 0.2) is 0 Å². The third-order valence-corrected chi connectivity index (χ3v) is 4.58. The summed E-state index contributed by atoms with van der Waals surface area (Å²) in [6.45, 7) is 6.36. The predicted octanol–water partition coefficient (Wildman–Crippen LogP) is 4.13. The summed E-state index contributed by atoms with van der Waals surface area (Å²) in [4.78, 5) is 27.5. The van der Waals surface area contributed by atoms with Gasteiger partial charge in [0, 0.05) is 31.3 Å². The third kappa shape index (κ3) is 7.71. The largest absolute Gasteiger partial charge is 0.444 e. The van der Waals surface area contributed by atoms with Crippen molar-refractivity contribution in [3.05, 3.63) is 60.2 Å². The van der Waals surface area contributed by atoms with Crippen molar-refractivity contribution in [2.24, 2.45) is 0 Å². The monoisotopic (exact) mass is 450 g/mol. The Morgan fingerprint density at radius 2 is 1.85 bits per heavy atom. The van der Waals surface area contributed by atoms with Crippen molar-refractivity contribution in [2.45, 2.75) is 52.3 Å². The fourth-order valence-electron chi connectivity index (χ4n) is 3.07. The number of carbonyl (C=O) groups is 2. The Hall–Kier alpha value is -3.75. The Morgan fingerprint density at radius 1 is 1.09 bits per heavy atom. The van der Waals surface area contributed by atoms with Gasteiger partial charge in [-0.1, -0.05) is 42.5 Å². The van der Waals surface area contributed by atoms with Crippen LogP contribution in [0.15, 0.2) is 54.6 Å². The minimum absolute atomic E-state index is 0.101. The van der Waals surface area contributed by atoms with E-state index >= 15 is 0 Å². The second-order valence-corrected chi connectivity index (χ2v) is 8.76. The number of aryl methyl sites for hydroxylation is 1. The molecule has 9 heteroatoms. The number of nitrogens with one attached hydrogen (secondary N) is 1. The molecule has 3 rings (SSSR count). The summed E-state index contributed by atoms with van der Waals surface area (Å²) < 4.78 is 5.37. The van der Waals surface area contributed by atoms with Crippen LogP contribution in [-0.2, 0) is 22.6 Å². The zero-order valence-corrected chi connectivity index (χ0v) is 19.5. The molecule has 0 aliphatic heterocycles. The van der Waals surface area contributed by atoms with Gasteiger partial charge in [-0.25, -0.2) is 4.79 Å². The lowest BCUT2D eigenvalue weighted by atomic mass is 10.2. The Balaban J connectivity index is 1.46. The fourth-order valence-corrected chi connectivity index (χ4v) is 3.07. The highest BCUT2D eigenvalue weighted by atomic mass is 16.6. The maximum atomic E-state index is 12.4. The smallest absolute Gasteiger partial charge is 0.410 e. The van der Waals surface area contributed by atoms with Gasteiger partial charge in [-0.05, 0) is 50.1 Å². The van der Waals surface area contributed by atoms with Crippen LogP contribution in [0, 0.1) is 0 Å². The summed E-state index contributed by atoms with van der Waals surface area (Å²) in [6, 6.07) is 17.0. The highest BCUT2D eigenvalue weighted by molar-refractivity contribution is 5.90. The van der Waals surface area contributed by atoms with Crippen molar-refractivity contribution < 1.29 is 14.3 Å². The van der Waals surface area contributed by atoms with Crippen LogP contribution in [0.3, 0.4) is 0 Å². The summed E-state index contributed by atoms with van der Waals surface area (Å²) in [5.74, 6) is 0.462. The standard InChI is InChI=1S/C24H30N6O3/c1-24(2,3)33-23(32)29(4)17-18-10-8-13-20(16-18)25-21(31)14-9-15-30-27-22(26-28-30)19-11-6-5-7-12-19/h5-8,10-13,16H,9,14-15,17H2,1-4H3,(H,25,31).